The van der Waals surface area contributed by atoms with Crippen molar-refractivity contribution in [2.45, 2.75) is 6.42 Å². The molecule has 2 N–H and O–H groups in total. The summed E-state index contributed by atoms with van der Waals surface area (Å²) in [6, 6.07) is 12.4. The van der Waals surface area contributed by atoms with Crippen LogP contribution in [0, 0.1) is 5.82 Å². The number of halogens is 2. The first kappa shape index (κ1) is 16.0. The zero-order valence-corrected chi connectivity index (χ0v) is 12.4. The van der Waals surface area contributed by atoms with Gasteiger partial charge >= 0.3 is 11.8 Å². The highest BCUT2D eigenvalue weighted by atomic mass is 35.5. The number of nitrogens with one attached hydrogen (secondary N) is 2. The maximum atomic E-state index is 12.7. The summed E-state index contributed by atoms with van der Waals surface area (Å²) in [5.74, 6) is -1.95. The third-order valence-corrected chi connectivity index (χ3v) is 3.13. The molecule has 2 rings (SSSR count). The zero-order valence-electron chi connectivity index (χ0n) is 11.6. The van der Waals surface area contributed by atoms with Crippen LogP contribution >= 0.6 is 11.6 Å². The van der Waals surface area contributed by atoms with Crippen molar-refractivity contribution in [3.8, 4) is 0 Å². The Bertz CT molecular complexity index is 674. The quantitative estimate of drug-likeness (QED) is 0.851. The van der Waals surface area contributed by atoms with E-state index in [1.165, 1.54) is 24.3 Å². The van der Waals surface area contributed by atoms with Gasteiger partial charge in [-0.3, -0.25) is 9.59 Å². The van der Waals surface area contributed by atoms with Crippen LogP contribution in [-0.2, 0) is 16.0 Å². The summed E-state index contributed by atoms with van der Waals surface area (Å²) in [7, 11) is 0. The predicted octanol–water partition coefficient (Wildman–Crippen LogP) is 2.78. The van der Waals surface area contributed by atoms with Gasteiger partial charge in [0.1, 0.15) is 5.82 Å². The van der Waals surface area contributed by atoms with Crippen molar-refractivity contribution in [2.24, 2.45) is 0 Å². The van der Waals surface area contributed by atoms with E-state index in [1.54, 1.807) is 12.1 Å². The van der Waals surface area contributed by atoms with E-state index >= 15 is 0 Å². The number of anilines is 1. The molecule has 0 heterocycles. The lowest BCUT2D eigenvalue weighted by Gasteiger charge is -2.07. The van der Waals surface area contributed by atoms with E-state index in [0.29, 0.717) is 23.7 Å². The lowest BCUT2D eigenvalue weighted by atomic mass is 10.1. The molecule has 4 nitrogen and oxygen atoms in total. The van der Waals surface area contributed by atoms with E-state index in [9.17, 15) is 14.0 Å². The number of carbonyl (C=O) groups is 2. The molecule has 0 aromatic heterocycles. The van der Waals surface area contributed by atoms with Crippen molar-refractivity contribution < 1.29 is 14.0 Å². The Balaban J connectivity index is 1.79. The number of amides is 2. The Kier molecular flexibility index (Phi) is 5.49. The van der Waals surface area contributed by atoms with Gasteiger partial charge in [-0.2, -0.15) is 0 Å². The molecule has 0 fully saturated rings. The minimum Gasteiger partial charge on any atom is -0.347 e. The molecule has 2 aromatic carbocycles. The van der Waals surface area contributed by atoms with Gasteiger partial charge in [-0.15, -0.1) is 0 Å². The maximum absolute atomic E-state index is 12.7. The standard InChI is InChI=1S/C16H14ClFN2O2/c17-12-3-1-2-11(10-12)8-9-19-15(21)16(22)20-14-6-4-13(18)5-7-14/h1-7,10H,8-9H2,(H,19,21)(H,20,22). The molecule has 114 valence electrons. The average Bonchev–Trinajstić information content (AvgIpc) is 2.49. The molecule has 0 aliphatic heterocycles. The number of rotatable bonds is 4. The Morgan fingerprint density at radius 2 is 1.77 bits per heavy atom. The highest BCUT2D eigenvalue weighted by Crippen LogP contribution is 2.10. The highest BCUT2D eigenvalue weighted by molar-refractivity contribution is 6.39. The van der Waals surface area contributed by atoms with Crippen LogP contribution in [0.2, 0.25) is 5.02 Å². The molecule has 22 heavy (non-hydrogen) atoms. The van der Waals surface area contributed by atoms with Crippen LogP contribution in [0.1, 0.15) is 5.56 Å². The van der Waals surface area contributed by atoms with Gasteiger partial charge in [0.2, 0.25) is 0 Å². The fraction of sp³-hybridized carbons (Fsp3) is 0.125. The van der Waals surface area contributed by atoms with Gasteiger partial charge in [0, 0.05) is 17.3 Å². The second kappa shape index (κ2) is 7.56. The Hall–Kier alpha value is -2.40. The van der Waals surface area contributed by atoms with Crippen molar-refractivity contribution in [1.29, 1.82) is 0 Å². The monoisotopic (exact) mass is 320 g/mol. The van der Waals surface area contributed by atoms with Crippen LogP contribution in [0.15, 0.2) is 48.5 Å². The molecule has 0 atom stereocenters. The Morgan fingerprint density at radius 1 is 1.05 bits per heavy atom. The van der Waals surface area contributed by atoms with Crippen molar-refractivity contribution in [2.75, 3.05) is 11.9 Å². The zero-order chi connectivity index (χ0) is 15.9. The number of hydrogen-bond donors (Lipinski definition) is 2. The fourth-order valence-corrected chi connectivity index (χ4v) is 2.03. The normalized spacial score (nSPS) is 10.1. The van der Waals surface area contributed by atoms with Crippen LogP contribution in [0.4, 0.5) is 10.1 Å². The molecule has 0 unspecified atom stereocenters. The van der Waals surface area contributed by atoms with Crippen LogP contribution < -0.4 is 10.6 Å². The molecule has 0 saturated carbocycles. The van der Waals surface area contributed by atoms with Crippen LogP contribution in [0.25, 0.3) is 0 Å². The minimum atomic E-state index is -0.794. The summed E-state index contributed by atoms with van der Waals surface area (Å²) < 4.78 is 12.7. The van der Waals surface area contributed by atoms with Crippen LogP contribution in [-0.4, -0.2) is 18.4 Å². The van der Waals surface area contributed by atoms with E-state index in [-0.39, 0.29) is 0 Å². The molecule has 0 aliphatic carbocycles. The minimum absolute atomic E-state index is 0.315. The first-order chi connectivity index (χ1) is 10.5. The van der Waals surface area contributed by atoms with Gasteiger partial charge in [0.15, 0.2) is 0 Å². The van der Waals surface area contributed by atoms with E-state index < -0.39 is 17.6 Å². The summed E-state index contributed by atoms with van der Waals surface area (Å²) in [5.41, 5.74) is 1.32. The highest BCUT2D eigenvalue weighted by Gasteiger charge is 2.12. The lowest BCUT2D eigenvalue weighted by Crippen LogP contribution is -2.36. The van der Waals surface area contributed by atoms with Crippen LogP contribution in [0.3, 0.4) is 0 Å². The summed E-state index contributed by atoms with van der Waals surface area (Å²) in [4.78, 5) is 23.3. The van der Waals surface area contributed by atoms with Gasteiger partial charge < -0.3 is 10.6 Å². The summed E-state index contributed by atoms with van der Waals surface area (Å²) in [6.07, 6.45) is 0.566. The third kappa shape index (κ3) is 4.86. The molecule has 0 bridgehead atoms. The number of benzene rings is 2. The molecule has 6 heteroatoms. The molecular weight excluding hydrogens is 307 g/mol. The first-order valence-electron chi connectivity index (χ1n) is 6.64. The molecule has 0 radical (unpaired) electrons. The predicted molar refractivity (Wildman–Crippen MR) is 83.2 cm³/mol. The van der Waals surface area contributed by atoms with Crippen molar-refractivity contribution >= 4 is 29.1 Å². The van der Waals surface area contributed by atoms with Crippen molar-refractivity contribution in [3.63, 3.8) is 0 Å². The summed E-state index contributed by atoms with van der Waals surface area (Å²) in [5, 5.41) is 5.52. The van der Waals surface area contributed by atoms with E-state index in [4.69, 9.17) is 11.6 Å². The third-order valence-electron chi connectivity index (χ3n) is 2.90. The molecular formula is C16H14ClFN2O2. The largest absolute Gasteiger partial charge is 0.347 e. The van der Waals surface area contributed by atoms with Gasteiger partial charge in [-0.25, -0.2) is 4.39 Å². The Morgan fingerprint density at radius 3 is 2.45 bits per heavy atom. The molecule has 0 spiro atoms. The second-order valence-electron chi connectivity index (χ2n) is 4.60. The molecule has 0 saturated heterocycles. The smallest absolute Gasteiger partial charge is 0.313 e. The van der Waals surface area contributed by atoms with Gasteiger partial charge in [0.05, 0.1) is 0 Å². The molecule has 2 aromatic rings. The van der Waals surface area contributed by atoms with Crippen molar-refractivity contribution in [3.05, 3.63) is 64.9 Å². The van der Waals surface area contributed by atoms with Gasteiger partial charge in [0.25, 0.3) is 0 Å². The number of hydrogen-bond acceptors (Lipinski definition) is 2. The second-order valence-corrected chi connectivity index (χ2v) is 5.03. The topological polar surface area (TPSA) is 58.2 Å². The fourth-order valence-electron chi connectivity index (χ4n) is 1.81. The van der Waals surface area contributed by atoms with E-state index in [1.807, 2.05) is 12.1 Å². The first-order valence-corrected chi connectivity index (χ1v) is 7.01. The van der Waals surface area contributed by atoms with E-state index in [0.717, 1.165) is 5.56 Å². The number of carbonyl (C=O) groups excluding carboxylic acids is 2. The molecule has 0 aliphatic rings. The van der Waals surface area contributed by atoms with Gasteiger partial charge in [-0.05, 0) is 48.4 Å². The lowest BCUT2D eigenvalue weighted by molar-refractivity contribution is -0.136. The van der Waals surface area contributed by atoms with Gasteiger partial charge in [-0.1, -0.05) is 23.7 Å². The Labute approximate surface area is 132 Å². The van der Waals surface area contributed by atoms with E-state index in [2.05, 4.69) is 10.6 Å². The van der Waals surface area contributed by atoms with Crippen molar-refractivity contribution in [1.82, 2.24) is 5.32 Å². The summed E-state index contributed by atoms with van der Waals surface area (Å²) >= 11 is 5.86. The van der Waals surface area contributed by atoms with Crippen LogP contribution in [0.5, 0.6) is 0 Å². The summed E-state index contributed by atoms with van der Waals surface area (Å²) in [6.45, 7) is 0.315. The SMILES string of the molecule is O=C(NCCc1cccc(Cl)c1)C(=O)Nc1ccc(F)cc1. The average molecular weight is 321 g/mol. The molecule has 2 amide bonds. The maximum Gasteiger partial charge on any atom is 0.313 e.